The van der Waals surface area contributed by atoms with E-state index in [0.29, 0.717) is 0 Å². The van der Waals surface area contributed by atoms with Crippen molar-refractivity contribution in [2.45, 2.75) is 4.90 Å². The summed E-state index contributed by atoms with van der Waals surface area (Å²) < 4.78 is 31.0. The number of hydrogen-bond donors (Lipinski definition) is 0. The summed E-state index contributed by atoms with van der Waals surface area (Å²) in [7, 11) is -3.63. The van der Waals surface area contributed by atoms with Gasteiger partial charge in [0.2, 0.25) is 0 Å². The Balaban J connectivity index is 0.000000437. The van der Waals surface area contributed by atoms with E-state index in [2.05, 4.69) is 28.7 Å². The first-order valence-corrected chi connectivity index (χ1v) is 5.95. The molecule has 17 heavy (non-hydrogen) atoms. The summed E-state index contributed by atoms with van der Waals surface area (Å²) in [5, 5.41) is 0. The Kier molecular flexibility index (Phi) is 7.21. The van der Waals surface area contributed by atoms with Crippen LogP contribution in [0.1, 0.15) is 0 Å². The third kappa shape index (κ3) is 6.21. The lowest BCUT2D eigenvalue weighted by atomic mass is 10.4. The fourth-order valence-electron chi connectivity index (χ4n) is 0.800. The van der Waals surface area contributed by atoms with Crippen LogP contribution in [-0.2, 0) is 19.0 Å². The molecule has 0 bridgehead atoms. The molecule has 0 atom stereocenters. The van der Waals surface area contributed by atoms with Gasteiger partial charge >= 0.3 is 10.1 Å². The van der Waals surface area contributed by atoms with Crippen molar-refractivity contribution in [3.63, 3.8) is 0 Å². The summed E-state index contributed by atoms with van der Waals surface area (Å²) in [6, 6.07) is 7.89. The molecule has 0 radical (unpaired) electrons. The number of hydrogen-bond acceptors (Lipinski definition) is 4. The summed E-state index contributed by atoms with van der Waals surface area (Å²) in [6.07, 6.45) is 3.52. The molecule has 1 rings (SSSR count). The van der Waals surface area contributed by atoms with E-state index in [1.165, 1.54) is 24.7 Å². The van der Waals surface area contributed by atoms with Crippen LogP contribution in [0, 0.1) is 0 Å². The van der Waals surface area contributed by atoms with Gasteiger partial charge in [-0.1, -0.05) is 37.9 Å². The molecule has 5 heteroatoms. The molecule has 92 valence electrons. The van der Waals surface area contributed by atoms with Gasteiger partial charge in [-0.15, -0.1) is 0 Å². The largest absolute Gasteiger partial charge is 0.474 e. The minimum absolute atomic E-state index is 0.130. The predicted octanol–water partition coefficient (Wildman–Crippen LogP) is 2.83. The smallest absolute Gasteiger partial charge is 0.338 e. The van der Waals surface area contributed by atoms with Gasteiger partial charge in [0.25, 0.3) is 0 Å². The molecule has 0 saturated carbocycles. The van der Waals surface area contributed by atoms with E-state index >= 15 is 0 Å². The van der Waals surface area contributed by atoms with Crippen molar-refractivity contribution in [1.82, 2.24) is 0 Å². The maximum atomic E-state index is 11.1. The van der Waals surface area contributed by atoms with Crippen LogP contribution < -0.4 is 0 Å². The molecule has 0 heterocycles. The van der Waals surface area contributed by atoms with Crippen LogP contribution in [0.15, 0.2) is 73.8 Å². The van der Waals surface area contributed by atoms with Crippen molar-refractivity contribution < 1.29 is 17.3 Å². The minimum atomic E-state index is -3.63. The van der Waals surface area contributed by atoms with Gasteiger partial charge in [0, 0.05) is 0 Å². The van der Waals surface area contributed by atoms with Gasteiger partial charge in [0.1, 0.15) is 4.90 Å². The Morgan fingerprint density at radius 3 is 1.82 bits per heavy atom. The molecule has 4 nitrogen and oxygen atoms in total. The maximum absolute atomic E-state index is 11.1. The Bertz CT molecular complexity index is 443. The average molecular weight is 254 g/mol. The van der Waals surface area contributed by atoms with Crippen molar-refractivity contribution >= 4 is 10.1 Å². The summed E-state index contributed by atoms with van der Waals surface area (Å²) >= 11 is 0. The Labute approximate surface area is 102 Å². The van der Waals surface area contributed by atoms with E-state index in [9.17, 15) is 8.42 Å². The average Bonchev–Trinajstić information content (AvgIpc) is 2.32. The van der Waals surface area contributed by atoms with E-state index in [0.717, 1.165) is 6.26 Å². The van der Waals surface area contributed by atoms with E-state index < -0.39 is 10.1 Å². The first-order chi connectivity index (χ1) is 8.08. The molecule has 0 fully saturated rings. The topological polar surface area (TPSA) is 52.6 Å². The van der Waals surface area contributed by atoms with Gasteiger partial charge < -0.3 is 8.92 Å². The van der Waals surface area contributed by atoms with Gasteiger partial charge in [-0.3, -0.25) is 0 Å². The quantitative estimate of drug-likeness (QED) is 0.599. The molecule has 1 aromatic rings. The molecule has 0 saturated heterocycles. The molecule has 0 aromatic heterocycles. The molecule has 0 aliphatic carbocycles. The molecular weight excluding hydrogens is 240 g/mol. The van der Waals surface area contributed by atoms with Gasteiger partial charge in [-0.2, -0.15) is 8.42 Å². The summed E-state index contributed by atoms with van der Waals surface area (Å²) in [5.41, 5.74) is 0. The second-order valence-electron chi connectivity index (χ2n) is 2.50. The van der Waals surface area contributed by atoms with Crippen molar-refractivity contribution in [2.75, 3.05) is 0 Å². The normalized spacial score (nSPS) is 9.18. The van der Waals surface area contributed by atoms with Crippen LogP contribution in [0.5, 0.6) is 0 Å². The second kappa shape index (κ2) is 8.18. The molecule has 0 aliphatic heterocycles. The summed E-state index contributed by atoms with van der Waals surface area (Å²) in [5.74, 6) is 0. The zero-order valence-electron chi connectivity index (χ0n) is 9.28. The Morgan fingerprint density at radius 2 is 1.47 bits per heavy atom. The monoisotopic (exact) mass is 254 g/mol. The van der Waals surface area contributed by atoms with Gasteiger partial charge in [-0.05, 0) is 12.1 Å². The van der Waals surface area contributed by atoms with Crippen LogP contribution in [0.3, 0.4) is 0 Å². The van der Waals surface area contributed by atoms with Crippen LogP contribution in [0.4, 0.5) is 0 Å². The van der Waals surface area contributed by atoms with Crippen molar-refractivity contribution in [1.29, 1.82) is 0 Å². The van der Waals surface area contributed by atoms with E-state index in [1.807, 2.05) is 0 Å². The lowest BCUT2D eigenvalue weighted by molar-refractivity contribution is 0.406. The molecular formula is C12H14O4S. The Morgan fingerprint density at radius 1 is 0.941 bits per heavy atom. The fraction of sp³-hybridized carbons (Fsp3) is 0. The molecule has 0 spiro atoms. The van der Waals surface area contributed by atoms with Gasteiger partial charge in [0.15, 0.2) is 0 Å². The van der Waals surface area contributed by atoms with E-state index in [-0.39, 0.29) is 4.90 Å². The second-order valence-corrected chi connectivity index (χ2v) is 4.07. The minimum Gasteiger partial charge on any atom is -0.474 e. The number of benzene rings is 1. The van der Waals surface area contributed by atoms with E-state index in [1.54, 1.807) is 18.2 Å². The third-order valence-corrected chi connectivity index (χ3v) is 2.66. The SMILES string of the molecule is C=COC=C.C=COS(=O)(=O)c1ccccc1. The molecule has 0 N–H and O–H groups in total. The zero-order valence-corrected chi connectivity index (χ0v) is 10.1. The zero-order chi connectivity index (χ0) is 13.1. The molecule has 0 amide bonds. The van der Waals surface area contributed by atoms with Crippen LogP contribution in [-0.4, -0.2) is 8.42 Å². The van der Waals surface area contributed by atoms with Crippen molar-refractivity contribution in [2.24, 2.45) is 0 Å². The first kappa shape index (κ1) is 15.0. The van der Waals surface area contributed by atoms with Crippen LogP contribution >= 0.6 is 0 Å². The predicted molar refractivity (Wildman–Crippen MR) is 66.4 cm³/mol. The first-order valence-electron chi connectivity index (χ1n) is 4.55. The van der Waals surface area contributed by atoms with Crippen molar-refractivity contribution in [3.05, 3.63) is 68.9 Å². The van der Waals surface area contributed by atoms with Gasteiger partial charge in [-0.25, -0.2) is 0 Å². The van der Waals surface area contributed by atoms with Gasteiger partial charge in [0.05, 0.1) is 18.8 Å². The summed E-state index contributed by atoms with van der Waals surface area (Å²) in [4.78, 5) is 0.130. The van der Waals surface area contributed by atoms with E-state index in [4.69, 9.17) is 0 Å². The lowest BCUT2D eigenvalue weighted by Gasteiger charge is -2.00. The van der Waals surface area contributed by atoms with Crippen molar-refractivity contribution in [3.8, 4) is 0 Å². The lowest BCUT2D eigenvalue weighted by Crippen LogP contribution is -2.00. The highest BCUT2D eigenvalue weighted by molar-refractivity contribution is 7.86. The number of ether oxygens (including phenoxy) is 1. The van der Waals surface area contributed by atoms with Crippen LogP contribution in [0.25, 0.3) is 0 Å². The summed E-state index contributed by atoms with van der Waals surface area (Å²) in [6.45, 7) is 9.68. The highest BCUT2D eigenvalue weighted by Gasteiger charge is 2.11. The highest BCUT2D eigenvalue weighted by Crippen LogP contribution is 2.10. The molecule has 0 unspecified atom stereocenters. The third-order valence-electron chi connectivity index (χ3n) is 1.42. The molecule has 1 aromatic carbocycles. The standard InChI is InChI=1S/C8H8O3S.C4H6O/c1-2-11-12(9,10)8-6-4-3-5-7-8;1-3-5-4-2/h2-7H,1H2;3-4H,1-2H2. The van der Waals surface area contributed by atoms with Crippen LogP contribution in [0.2, 0.25) is 0 Å². The number of rotatable bonds is 5. The highest BCUT2D eigenvalue weighted by atomic mass is 32.2. The molecule has 0 aliphatic rings. The maximum Gasteiger partial charge on any atom is 0.338 e. The Hall–Kier alpha value is -2.01. The fourth-order valence-corrected chi connectivity index (χ4v) is 1.58.